The Morgan fingerprint density at radius 2 is 1.87 bits per heavy atom. The molecule has 2 heterocycles. The summed E-state index contributed by atoms with van der Waals surface area (Å²) in [5.74, 6) is -1.39. The third kappa shape index (κ3) is 5.17. The fourth-order valence-corrected chi connectivity index (χ4v) is 3.32. The van der Waals surface area contributed by atoms with Gasteiger partial charge in [-0.25, -0.2) is 9.78 Å². The molecule has 3 rings (SSSR count). The number of hydrogen-bond donors (Lipinski definition) is 3. The van der Waals surface area contributed by atoms with Crippen LogP contribution < -0.4 is 16.2 Å². The SMILES string of the molecule is COC(=O)c1ccccc1NC(=O)CCc1csc(NC(=O)c2ccc[nH]c2=O)n1. The highest BCUT2D eigenvalue weighted by atomic mass is 32.1. The van der Waals surface area contributed by atoms with Crippen LogP contribution in [0.3, 0.4) is 0 Å². The fourth-order valence-electron chi connectivity index (χ4n) is 2.58. The summed E-state index contributed by atoms with van der Waals surface area (Å²) >= 11 is 1.20. The Kier molecular flexibility index (Phi) is 6.71. The predicted octanol–water partition coefficient (Wildman–Crippen LogP) is 2.44. The van der Waals surface area contributed by atoms with E-state index in [-0.39, 0.29) is 23.5 Å². The molecular weight excluding hydrogens is 408 g/mol. The summed E-state index contributed by atoms with van der Waals surface area (Å²) in [7, 11) is 1.27. The quantitative estimate of drug-likeness (QED) is 0.498. The van der Waals surface area contributed by atoms with Gasteiger partial charge < -0.3 is 15.0 Å². The van der Waals surface area contributed by atoms with Crippen LogP contribution in [0.25, 0.3) is 0 Å². The zero-order valence-electron chi connectivity index (χ0n) is 15.9. The Morgan fingerprint density at radius 1 is 1.10 bits per heavy atom. The van der Waals surface area contributed by atoms with Crippen LogP contribution in [0, 0.1) is 0 Å². The number of para-hydroxylation sites is 1. The van der Waals surface area contributed by atoms with E-state index in [0.717, 1.165) is 0 Å². The molecule has 0 radical (unpaired) electrons. The van der Waals surface area contributed by atoms with Gasteiger partial charge >= 0.3 is 5.97 Å². The predicted molar refractivity (Wildman–Crippen MR) is 112 cm³/mol. The number of aromatic nitrogens is 2. The Labute approximate surface area is 175 Å². The maximum absolute atomic E-state index is 12.3. The number of amides is 2. The van der Waals surface area contributed by atoms with Gasteiger partial charge in [0.25, 0.3) is 11.5 Å². The van der Waals surface area contributed by atoms with E-state index in [1.807, 2.05) is 0 Å². The van der Waals surface area contributed by atoms with Crippen LogP contribution in [0.2, 0.25) is 0 Å². The Bertz CT molecular complexity index is 1140. The number of carbonyl (C=O) groups is 3. The molecule has 0 saturated heterocycles. The van der Waals surface area contributed by atoms with Gasteiger partial charge in [-0.2, -0.15) is 0 Å². The van der Waals surface area contributed by atoms with Crippen molar-refractivity contribution in [3.63, 3.8) is 0 Å². The molecule has 0 unspecified atom stereocenters. The van der Waals surface area contributed by atoms with E-state index in [2.05, 4.69) is 20.6 Å². The van der Waals surface area contributed by atoms with Crippen LogP contribution in [0.5, 0.6) is 0 Å². The Hall–Kier alpha value is -3.79. The first-order valence-corrected chi connectivity index (χ1v) is 9.76. The molecule has 3 aromatic rings. The highest BCUT2D eigenvalue weighted by Gasteiger charge is 2.15. The molecule has 154 valence electrons. The molecule has 9 nitrogen and oxygen atoms in total. The van der Waals surface area contributed by atoms with Crippen molar-refractivity contribution in [2.45, 2.75) is 12.8 Å². The second-order valence-electron chi connectivity index (χ2n) is 6.10. The number of anilines is 2. The molecule has 30 heavy (non-hydrogen) atoms. The molecule has 10 heteroatoms. The summed E-state index contributed by atoms with van der Waals surface area (Å²) in [4.78, 5) is 54.5. The van der Waals surface area contributed by atoms with Gasteiger partial charge in [-0.05, 0) is 30.7 Å². The van der Waals surface area contributed by atoms with E-state index in [9.17, 15) is 19.2 Å². The first-order chi connectivity index (χ1) is 14.5. The highest BCUT2D eigenvalue weighted by Crippen LogP contribution is 2.19. The van der Waals surface area contributed by atoms with E-state index in [0.29, 0.717) is 22.9 Å². The van der Waals surface area contributed by atoms with Crippen molar-refractivity contribution < 1.29 is 19.1 Å². The van der Waals surface area contributed by atoms with Gasteiger partial charge in [0.05, 0.1) is 24.1 Å². The van der Waals surface area contributed by atoms with Gasteiger partial charge in [0.1, 0.15) is 5.56 Å². The second-order valence-corrected chi connectivity index (χ2v) is 6.95. The normalized spacial score (nSPS) is 10.3. The number of aromatic amines is 1. The molecule has 1 aromatic carbocycles. The van der Waals surface area contributed by atoms with Crippen molar-refractivity contribution in [3.05, 3.63) is 75.1 Å². The van der Waals surface area contributed by atoms with Gasteiger partial charge in [0, 0.05) is 18.0 Å². The summed E-state index contributed by atoms with van der Waals surface area (Å²) in [5, 5.41) is 7.31. The monoisotopic (exact) mass is 426 g/mol. The van der Waals surface area contributed by atoms with Gasteiger partial charge in [0.15, 0.2) is 5.13 Å². The Balaban J connectivity index is 1.56. The van der Waals surface area contributed by atoms with E-state index < -0.39 is 17.4 Å². The number of carbonyl (C=O) groups excluding carboxylic acids is 3. The lowest BCUT2D eigenvalue weighted by Crippen LogP contribution is -2.22. The lowest BCUT2D eigenvalue weighted by Gasteiger charge is -2.09. The zero-order valence-corrected chi connectivity index (χ0v) is 16.7. The summed E-state index contributed by atoms with van der Waals surface area (Å²) in [6.07, 6.45) is 1.91. The third-order valence-electron chi connectivity index (χ3n) is 4.05. The molecule has 0 bridgehead atoms. The lowest BCUT2D eigenvalue weighted by atomic mass is 10.1. The molecule has 0 fully saturated rings. The molecule has 2 amide bonds. The summed E-state index contributed by atoms with van der Waals surface area (Å²) in [6.45, 7) is 0. The first kappa shape index (κ1) is 20.9. The number of hydrogen-bond acceptors (Lipinski definition) is 7. The molecule has 0 atom stereocenters. The number of methoxy groups -OCH3 is 1. The summed E-state index contributed by atoms with van der Waals surface area (Å²) < 4.78 is 4.71. The number of benzene rings is 1. The standard InChI is InChI=1S/C20H18N4O5S/c1-29-19(28)13-5-2-3-7-15(13)23-16(25)9-8-12-11-30-20(22-12)24-18(27)14-6-4-10-21-17(14)26/h2-7,10-11H,8-9H2,1H3,(H,21,26)(H,23,25)(H,22,24,27). The van der Waals surface area contributed by atoms with E-state index in [1.165, 1.54) is 30.7 Å². The number of nitrogens with one attached hydrogen (secondary N) is 3. The lowest BCUT2D eigenvalue weighted by molar-refractivity contribution is -0.116. The minimum Gasteiger partial charge on any atom is -0.465 e. The van der Waals surface area contributed by atoms with Gasteiger partial charge in [-0.3, -0.25) is 19.7 Å². The average Bonchev–Trinajstić information content (AvgIpc) is 3.19. The molecule has 0 spiro atoms. The largest absolute Gasteiger partial charge is 0.465 e. The number of aryl methyl sites for hydroxylation is 1. The molecule has 3 N–H and O–H groups in total. The highest BCUT2D eigenvalue weighted by molar-refractivity contribution is 7.14. The Morgan fingerprint density at radius 3 is 2.63 bits per heavy atom. The van der Waals surface area contributed by atoms with E-state index in [1.54, 1.807) is 35.7 Å². The van der Waals surface area contributed by atoms with Crippen molar-refractivity contribution in [1.29, 1.82) is 0 Å². The van der Waals surface area contributed by atoms with Crippen molar-refractivity contribution in [3.8, 4) is 0 Å². The van der Waals surface area contributed by atoms with E-state index in [4.69, 9.17) is 4.74 Å². The van der Waals surface area contributed by atoms with Crippen LogP contribution in [-0.2, 0) is 16.0 Å². The smallest absolute Gasteiger partial charge is 0.339 e. The number of rotatable bonds is 7. The van der Waals surface area contributed by atoms with Gasteiger partial charge in [0.2, 0.25) is 5.91 Å². The number of thiazole rings is 1. The molecule has 0 saturated carbocycles. The molecule has 2 aromatic heterocycles. The number of ether oxygens (including phenoxy) is 1. The molecule has 0 aliphatic carbocycles. The summed E-state index contributed by atoms with van der Waals surface area (Å²) in [6, 6.07) is 9.53. The number of pyridine rings is 1. The molecular formula is C20H18N4O5S. The maximum atomic E-state index is 12.3. The fraction of sp³-hybridized carbons (Fsp3) is 0.150. The number of esters is 1. The first-order valence-electron chi connectivity index (χ1n) is 8.88. The second kappa shape index (κ2) is 9.61. The van der Waals surface area contributed by atoms with Crippen LogP contribution in [0.4, 0.5) is 10.8 Å². The van der Waals surface area contributed by atoms with Gasteiger partial charge in [-0.15, -0.1) is 11.3 Å². The van der Waals surface area contributed by atoms with Crippen molar-refractivity contribution in [1.82, 2.24) is 9.97 Å². The topological polar surface area (TPSA) is 130 Å². The molecule has 0 aliphatic rings. The molecule has 0 aliphatic heterocycles. The van der Waals surface area contributed by atoms with Crippen molar-refractivity contribution in [2.24, 2.45) is 0 Å². The van der Waals surface area contributed by atoms with Crippen LogP contribution >= 0.6 is 11.3 Å². The third-order valence-corrected chi connectivity index (χ3v) is 4.86. The summed E-state index contributed by atoms with van der Waals surface area (Å²) in [5.41, 5.74) is 0.749. The minimum absolute atomic E-state index is 0.0158. The van der Waals surface area contributed by atoms with Crippen LogP contribution in [0.1, 0.15) is 32.8 Å². The number of nitrogens with zero attached hydrogens (tertiary/aromatic N) is 1. The van der Waals surface area contributed by atoms with E-state index >= 15 is 0 Å². The van der Waals surface area contributed by atoms with Crippen LogP contribution in [0.15, 0.2) is 52.8 Å². The van der Waals surface area contributed by atoms with Gasteiger partial charge in [-0.1, -0.05) is 12.1 Å². The average molecular weight is 426 g/mol. The van der Waals surface area contributed by atoms with Crippen molar-refractivity contribution >= 4 is 39.9 Å². The van der Waals surface area contributed by atoms with Crippen molar-refractivity contribution in [2.75, 3.05) is 17.7 Å². The zero-order chi connectivity index (χ0) is 21.5. The number of H-pyrrole nitrogens is 1. The minimum atomic E-state index is -0.560. The maximum Gasteiger partial charge on any atom is 0.339 e. The van der Waals surface area contributed by atoms with Crippen LogP contribution in [-0.4, -0.2) is 34.9 Å².